The lowest BCUT2D eigenvalue weighted by atomic mass is 10.0. The molecule has 6 nitrogen and oxygen atoms in total. The van der Waals surface area contributed by atoms with E-state index in [1.54, 1.807) is 25.1 Å². The van der Waals surface area contributed by atoms with Gasteiger partial charge in [-0.1, -0.05) is 36.4 Å². The fourth-order valence-electron chi connectivity index (χ4n) is 3.20. The molecule has 1 amide bonds. The summed E-state index contributed by atoms with van der Waals surface area (Å²) < 4.78 is 11.3. The molecule has 0 heterocycles. The number of nitrogens with one attached hydrogen (secondary N) is 1. The van der Waals surface area contributed by atoms with Gasteiger partial charge in [-0.25, -0.2) is 0 Å². The number of carbonyl (C=O) groups excluding carboxylic acids is 1. The van der Waals surface area contributed by atoms with E-state index >= 15 is 0 Å². The molecule has 3 unspecified atom stereocenters. The lowest BCUT2D eigenvalue weighted by molar-refractivity contribution is -0.0952. The number of aliphatic hydroxyl groups is 1. The van der Waals surface area contributed by atoms with Crippen LogP contribution in [-0.2, 0) is 11.2 Å². The summed E-state index contributed by atoms with van der Waals surface area (Å²) in [5, 5.41) is 13.9. The topological polar surface area (TPSA) is 93.8 Å². The summed E-state index contributed by atoms with van der Waals surface area (Å²) in [5.74, 6) is -0.268. The van der Waals surface area contributed by atoms with Crippen LogP contribution in [0, 0.1) is 0 Å². The van der Waals surface area contributed by atoms with Gasteiger partial charge in [0.25, 0.3) is 5.91 Å². The van der Waals surface area contributed by atoms with Crippen LogP contribution in [0.4, 0.5) is 0 Å². The average Bonchev–Trinajstić information content (AvgIpc) is 2.70. The zero-order valence-electron chi connectivity index (χ0n) is 18.3. The van der Waals surface area contributed by atoms with Crippen molar-refractivity contribution in [2.45, 2.75) is 65.1 Å². The Morgan fingerprint density at radius 2 is 1.80 bits per heavy atom. The fraction of sp³-hybridized carbons (Fsp3) is 0.458. The van der Waals surface area contributed by atoms with Crippen LogP contribution in [0.5, 0.6) is 5.75 Å². The minimum absolute atomic E-state index is 0.00641. The highest BCUT2D eigenvalue weighted by atomic mass is 16.7. The number of aryl methyl sites for hydroxylation is 1. The molecule has 164 valence electrons. The molecule has 30 heavy (non-hydrogen) atoms. The highest BCUT2D eigenvalue weighted by Crippen LogP contribution is 2.25. The Morgan fingerprint density at radius 1 is 1.10 bits per heavy atom. The molecule has 0 saturated carbocycles. The summed E-state index contributed by atoms with van der Waals surface area (Å²) in [7, 11) is 0. The third kappa shape index (κ3) is 7.78. The van der Waals surface area contributed by atoms with Crippen LogP contribution in [0.15, 0.2) is 48.5 Å². The predicted molar refractivity (Wildman–Crippen MR) is 118 cm³/mol. The Kier molecular flexibility index (Phi) is 9.30. The summed E-state index contributed by atoms with van der Waals surface area (Å²) in [4.78, 5) is 11.9. The highest BCUT2D eigenvalue weighted by Gasteiger charge is 2.17. The first-order chi connectivity index (χ1) is 14.3. The monoisotopic (exact) mass is 414 g/mol. The van der Waals surface area contributed by atoms with Crippen LogP contribution in [0.25, 0.3) is 0 Å². The summed E-state index contributed by atoms with van der Waals surface area (Å²) in [6.07, 6.45) is 0.642. The molecule has 0 aliphatic carbocycles. The molecule has 0 aromatic heterocycles. The number of carbonyl (C=O) groups is 1. The van der Waals surface area contributed by atoms with Crippen LogP contribution < -0.4 is 15.8 Å². The zero-order chi connectivity index (χ0) is 22.1. The predicted octanol–water partition coefficient (Wildman–Crippen LogP) is 3.58. The maximum atomic E-state index is 11.9. The number of aliphatic hydroxyl groups excluding tert-OH is 1. The molecule has 0 fully saturated rings. The van der Waals surface area contributed by atoms with Crippen molar-refractivity contribution in [1.82, 2.24) is 5.32 Å². The maximum absolute atomic E-state index is 11.9. The highest BCUT2D eigenvalue weighted by molar-refractivity contribution is 5.95. The second-order valence-electron chi connectivity index (χ2n) is 7.84. The van der Waals surface area contributed by atoms with Crippen molar-refractivity contribution in [3.63, 3.8) is 0 Å². The van der Waals surface area contributed by atoms with E-state index in [1.165, 1.54) is 5.56 Å². The van der Waals surface area contributed by atoms with E-state index in [0.29, 0.717) is 17.9 Å². The molecule has 0 saturated heterocycles. The molecule has 3 atom stereocenters. The van der Waals surface area contributed by atoms with Crippen LogP contribution in [0.1, 0.15) is 61.7 Å². The third-order valence-corrected chi connectivity index (χ3v) is 4.78. The Bertz CT molecular complexity index is 795. The molecule has 0 bridgehead atoms. The molecule has 6 heteroatoms. The SMILES string of the molecule is CC(CCc1ccccc1)NCC(O)c1ccc(OC(C)OC(C)C)c(C(N)=O)c1. The van der Waals surface area contributed by atoms with Gasteiger partial charge in [0.1, 0.15) is 5.75 Å². The second kappa shape index (κ2) is 11.7. The van der Waals surface area contributed by atoms with Crippen molar-refractivity contribution in [3.05, 3.63) is 65.2 Å². The summed E-state index contributed by atoms with van der Waals surface area (Å²) in [5.41, 5.74) is 7.65. The van der Waals surface area contributed by atoms with Gasteiger partial charge < -0.3 is 25.6 Å². The fourth-order valence-corrected chi connectivity index (χ4v) is 3.20. The standard InChI is InChI=1S/C24H34N2O4/c1-16(2)29-18(4)30-23-13-12-20(14-21(23)24(25)28)22(27)15-26-17(3)10-11-19-8-6-5-7-9-19/h5-9,12-14,16-18,22,26-27H,10-11,15H2,1-4H3,(H2,25,28). The summed E-state index contributed by atoms with van der Waals surface area (Å²) in [6.45, 7) is 8.04. The van der Waals surface area contributed by atoms with Crippen molar-refractivity contribution in [2.75, 3.05) is 6.54 Å². The van der Waals surface area contributed by atoms with E-state index < -0.39 is 18.3 Å². The lowest BCUT2D eigenvalue weighted by Gasteiger charge is -2.21. The molecule has 0 spiro atoms. The number of ether oxygens (including phenoxy) is 2. The quantitative estimate of drug-likeness (QED) is 0.462. The van der Waals surface area contributed by atoms with Crippen LogP contribution in [0.2, 0.25) is 0 Å². The number of primary amides is 1. The molecule has 2 rings (SSSR count). The molecule has 2 aromatic rings. The van der Waals surface area contributed by atoms with Gasteiger partial charge >= 0.3 is 0 Å². The number of benzene rings is 2. The first kappa shape index (κ1) is 23.9. The smallest absolute Gasteiger partial charge is 0.252 e. The Balaban J connectivity index is 1.93. The van der Waals surface area contributed by atoms with E-state index in [4.69, 9.17) is 15.2 Å². The van der Waals surface area contributed by atoms with Gasteiger partial charge in [-0.3, -0.25) is 4.79 Å². The molecule has 0 aliphatic rings. The number of nitrogens with two attached hydrogens (primary N) is 1. The number of amides is 1. The Morgan fingerprint density at radius 3 is 2.43 bits per heavy atom. The van der Waals surface area contributed by atoms with E-state index in [1.807, 2.05) is 32.0 Å². The van der Waals surface area contributed by atoms with Crippen LogP contribution in [0.3, 0.4) is 0 Å². The molecule has 2 aromatic carbocycles. The van der Waals surface area contributed by atoms with Gasteiger partial charge in [0.2, 0.25) is 0 Å². The average molecular weight is 415 g/mol. The molecule has 4 N–H and O–H groups in total. The summed E-state index contributed by atoms with van der Waals surface area (Å²) >= 11 is 0. The third-order valence-electron chi connectivity index (χ3n) is 4.78. The Labute approximate surface area is 179 Å². The molecular weight excluding hydrogens is 380 g/mol. The van der Waals surface area contributed by atoms with E-state index in [9.17, 15) is 9.90 Å². The van der Waals surface area contributed by atoms with E-state index in [0.717, 1.165) is 12.8 Å². The summed E-state index contributed by atoms with van der Waals surface area (Å²) in [6, 6.07) is 15.5. The van der Waals surface area contributed by atoms with Gasteiger partial charge in [-0.2, -0.15) is 0 Å². The van der Waals surface area contributed by atoms with Crippen molar-refractivity contribution in [2.24, 2.45) is 5.73 Å². The van der Waals surface area contributed by atoms with E-state index in [-0.39, 0.29) is 17.7 Å². The minimum Gasteiger partial charge on any atom is -0.464 e. The first-order valence-corrected chi connectivity index (χ1v) is 10.5. The minimum atomic E-state index is -0.763. The van der Waals surface area contributed by atoms with Crippen molar-refractivity contribution in [1.29, 1.82) is 0 Å². The maximum Gasteiger partial charge on any atom is 0.252 e. The van der Waals surface area contributed by atoms with Crippen LogP contribution >= 0.6 is 0 Å². The Hall–Kier alpha value is -2.41. The van der Waals surface area contributed by atoms with Gasteiger partial charge in [-0.15, -0.1) is 0 Å². The van der Waals surface area contributed by atoms with Crippen molar-refractivity contribution >= 4 is 5.91 Å². The lowest BCUT2D eigenvalue weighted by Crippen LogP contribution is -2.31. The van der Waals surface area contributed by atoms with Gasteiger partial charge in [0, 0.05) is 12.6 Å². The zero-order valence-corrected chi connectivity index (χ0v) is 18.3. The van der Waals surface area contributed by atoms with Gasteiger partial charge in [-0.05, 0) is 63.8 Å². The van der Waals surface area contributed by atoms with Gasteiger partial charge in [0.15, 0.2) is 6.29 Å². The normalized spacial score (nSPS) is 14.3. The molecule has 0 aliphatic heterocycles. The van der Waals surface area contributed by atoms with E-state index in [2.05, 4.69) is 24.4 Å². The van der Waals surface area contributed by atoms with Gasteiger partial charge in [0.05, 0.1) is 17.8 Å². The molecule has 0 radical (unpaired) electrons. The number of hydrogen-bond acceptors (Lipinski definition) is 5. The first-order valence-electron chi connectivity index (χ1n) is 10.5. The second-order valence-corrected chi connectivity index (χ2v) is 7.84. The molecular formula is C24H34N2O4. The largest absolute Gasteiger partial charge is 0.464 e. The number of hydrogen-bond donors (Lipinski definition) is 3. The number of rotatable bonds is 12. The van der Waals surface area contributed by atoms with Crippen molar-refractivity contribution in [3.8, 4) is 5.75 Å². The van der Waals surface area contributed by atoms with Crippen molar-refractivity contribution < 1.29 is 19.4 Å². The van der Waals surface area contributed by atoms with Crippen LogP contribution in [-0.4, -0.2) is 36.0 Å².